The number of unbranched alkanes of at least 4 members (excludes halogenated alkanes) is 28. The number of carboxylic acids is 2. The van der Waals surface area contributed by atoms with Gasteiger partial charge in [-0.2, -0.15) is 0 Å². The van der Waals surface area contributed by atoms with Crippen molar-refractivity contribution in [2.45, 2.75) is 219 Å². The lowest BCUT2D eigenvalue weighted by atomic mass is 10.0. The number of aliphatic hydroxyl groups is 3. The lowest BCUT2D eigenvalue weighted by Crippen LogP contribution is -2.32. The van der Waals surface area contributed by atoms with E-state index in [0.717, 1.165) is 25.7 Å². The van der Waals surface area contributed by atoms with Crippen molar-refractivity contribution >= 4 is 11.9 Å². The third kappa shape index (κ3) is 56.2. The summed E-state index contributed by atoms with van der Waals surface area (Å²) < 4.78 is 0. The number of carboxylic acid groups (broad SMARTS) is 2. The molecule has 0 saturated heterocycles. The SMILES string of the molecule is CCCCCCCCCCCCCCCCCC(=O)O.CCCCCCCCCCCCCCCCCC(=O)O.OCCN(CCO)CCO. The molecule has 0 saturated carbocycles. The Morgan fingerprint density at radius 2 is 0.520 bits per heavy atom. The molecule has 0 rings (SSSR count). The first-order chi connectivity index (χ1) is 24.4. The second kappa shape index (κ2) is 49.9. The molecule has 8 heteroatoms. The second-order valence-electron chi connectivity index (χ2n) is 14.2. The van der Waals surface area contributed by atoms with E-state index in [1.165, 1.54) is 167 Å². The van der Waals surface area contributed by atoms with Crippen molar-refractivity contribution in [2.75, 3.05) is 39.5 Å². The van der Waals surface area contributed by atoms with Gasteiger partial charge in [0.05, 0.1) is 19.8 Å². The Morgan fingerprint density at radius 3 is 0.680 bits per heavy atom. The third-order valence-electron chi connectivity index (χ3n) is 9.24. The van der Waals surface area contributed by atoms with Gasteiger partial charge in [-0.3, -0.25) is 14.5 Å². The smallest absolute Gasteiger partial charge is 0.303 e. The summed E-state index contributed by atoms with van der Waals surface area (Å²) in [5.41, 5.74) is 0. The number of hydrogen-bond donors (Lipinski definition) is 5. The van der Waals surface area contributed by atoms with Crippen LogP contribution in [0.1, 0.15) is 219 Å². The molecule has 0 aliphatic carbocycles. The van der Waals surface area contributed by atoms with Crippen molar-refractivity contribution < 1.29 is 35.1 Å². The van der Waals surface area contributed by atoms with E-state index < -0.39 is 11.9 Å². The van der Waals surface area contributed by atoms with Gasteiger partial charge in [0, 0.05) is 32.5 Å². The average molecular weight is 718 g/mol. The Hall–Kier alpha value is -1.22. The van der Waals surface area contributed by atoms with Gasteiger partial charge in [0.15, 0.2) is 0 Å². The maximum Gasteiger partial charge on any atom is 0.303 e. The topological polar surface area (TPSA) is 139 Å². The number of carbonyl (C=O) groups is 2. The van der Waals surface area contributed by atoms with Gasteiger partial charge in [0.25, 0.3) is 0 Å². The fraction of sp³-hybridized carbons (Fsp3) is 0.952. The van der Waals surface area contributed by atoms with E-state index in [1.807, 2.05) is 0 Å². The minimum Gasteiger partial charge on any atom is -0.481 e. The van der Waals surface area contributed by atoms with E-state index in [2.05, 4.69) is 13.8 Å². The normalized spacial score (nSPS) is 10.8. The summed E-state index contributed by atoms with van der Waals surface area (Å²) in [6.45, 7) is 6.29. The van der Waals surface area contributed by atoms with E-state index in [0.29, 0.717) is 32.5 Å². The summed E-state index contributed by atoms with van der Waals surface area (Å²) in [7, 11) is 0. The van der Waals surface area contributed by atoms with Gasteiger partial charge in [0.2, 0.25) is 0 Å². The van der Waals surface area contributed by atoms with Crippen LogP contribution in [-0.2, 0) is 9.59 Å². The highest BCUT2D eigenvalue weighted by atomic mass is 16.4. The molecule has 0 atom stereocenters. The van der Waals surface area contributed by atoms with Gasteiger partial charge < -0.3 is 25.5 Å². The molecular weight excluding hydrogens is 630 g/mol. The Bertz CT molecular complexity index is 577. The van der Waals surface area contributed by atoms with E-state index in [-0.39, 0.29) is 19.8 Å². The quantitative estimate of drug-likeness (QED) is 0.0398. The van der Waals surface area contributed by atoms with Crippen LogP contribution in [0.2, 0.25) is 0 Å². The van der Waals surface area contributed by atoms with Crippen molar-refractivity contribution in [3.05, 3.63) is 0 Å². The molecule has 0 aromatic heterocycles. The Labute approximate surface area is 310 Å². The van der Waals surface area contributed by atoms with E-state index in [4.69, 9.17) is 25.5 Å². The molecule has 8 nitrogen and oxygen atoms in total. The number of aliphatic carboxylic acids is 2. The Morgan fingerprint density at radius 1 is 0.340 bits per heavy atom. The van der Waals surface area contributed by atoms with Gasteiger partial charge in [-0.25, -0.2) is 0 Å². The Kier molecular flexibility index (Phi) is 53.0. The molecule has 5 N–H and O–H groups in total. The highest BCUT2D eigenvalue weighted by molar-refractivity contribution is 5.66. The maximum absolute atomic E-state index is 10.3. The molecule has 0 aromatic carbocycles. The van der Waals surface area contributed by atoms with Crippen molar-refractivity contribution in [3.8, 4) is 0 Å². The van der Waals surface area contributed by atoms with Crippen LogP contribution in [0.4, 0.5) is 0 Å². The third-order valence-corrected chi connectivity index (χ3v) is 9.24. The number of rotatable bonds is 38. The summed E-state index contributed by atoms with van der Waals surface area (Å²) >= 11 is 0. The van der Waals surface area contributed by atoms with Crippen molar-refractivity contribution in [2.24, 2.45) is 0 Å². The zero-order chi connectivity index (χ0) is 37.6. The fourth-order valence-electron chi connectivity index (χ4n) is 6.05. The molecule has 0 aromatic rings. The van der Waals surface area contributed by atoms with Crippen molar-refractivity contribution in [1.29, 1.82) is 0 Å². The van der Waals surface area contributed by atoms with Gasteiger partial charge >= 0.3 is 11.9 Å². The van der Waals surface area contributed by atoms with E-state index >= 15 is 0 Å². The highest BCUT2D eigenvalue weighted by Gasteiger charge is 2.01. The minimum atomic E-state index is -0.653. The van der Waals surface area contributed by atoms with Crippen LogP contribution in [-0.4, -0.2) is 81.8 Å². The zero-order valence-electron chi connectivity index (χ0n) is 33.4. The first kappa shape index (κ1) is 53.1. The minimum absolute atomic E-state index is 0.0694. The van der Waals surface area contributed by atoms with Crippen molar-refractivity contribution in [1.82, 2.24) is 4.90 Å². The van der Waals surface area contributed by atoms with Crippen LogP contribution in [0.5, 0.6) is 0 Å². The molecule has 0 fully saturated rings. The summed E-state index contributed by atoms with van der Waals surface area (Å²) in [6, 6.07) is 0. The standard InChI is InChI=1S/2C18H36O2.C6H15NO3/c2*1-2-3-4-5-6-7-8-9-10-11-12-13-14-15-16-17-18(19)20;8-4-1-7(2-5-9)3-6-10/h2*2-17H2,1H3,(H,19,20);8-10H,1-6H2. The average Bonchev–Trinajstić information content (AvgIpc) is 3.09. The van der Waals surface area contributed by atoms with Gasteiger partial charge in [-0.1, -0.05) is 194 Å². The maximum atomic E-state index is 10.3. The lowest BCUT2D eigenvalue weighted by molar-refractivity contribution is -0.138. The molecule has 0 radical (unpaired) electrons. The number of nitrogens with zero attached hydrogens (tertiary/aromatic N) is 1. The van der Waals surface area contributed by atoms with Gasteiger partial charge in [-0.05, 0) is 12.8 Å². The van der Waals surface area contributed by atoms with E-state index in [9.17, 15) is 9.59 Å². The van der Waals surface area contributed by atoms with Crippen LogP contribution in [0, 0.1) is 0 Å². The van der Waals surface area contributed by atoms with Crippen molar-refractivity contribution in [3.63, 3.8) is 0 Å². The molecule has 0 unspecified atom stereocenters. The molecule has 0 aliphatic rings. The van der Waals surface area contributed by atoms with Crippen LogP contribution < -0.4 is 0 Å². The number of hydrogen-bond acceptors (Lipinski definition) is 6. The summed E-state index contributed by atoms with van der Waals surface area (Å²) in [6.07, 6.45) is 40.4. The predicted octanol–water partition coefficient (Wildman–Crippen LogP) is 10.9. The molecule has 0 spiro atoms. The van der Waals surface area contributed by atoms with Crippen LogP contribution in [0.25, 0.3) is 0 Å². The van der Waals surface area contributed by atoms with Gasteiger partial charge in [0.1, 0.15) is 0 Å². The first-order valence-corrected chi connectivity index (χ1v) is 21.4. The molecule has 0 bridgehead atoms. The van der Waals surface area contributed by atoms with Crippen LogP contribution in [0.15, 0.2) is 0 Å². The molecule has 302 valence electrons. The zero-order valence-corrected chi connectivity index (χ0v) is 33.4. The molecule has 0 amide bonds. The number of aliphatic hydroxyl groups excluding tert-OH is 3. The second-order valence-corrected chi connectivity index (χ2v) is 14.2. The summed E-state index contributed by atoms with van der Waals surface area (Å²) in [5, 5.41) is 42.5. The van der Waals surface area contributed by atoms with Crippen LogP contribution in [0.3, 0.4) is 0 Å². The van der Waals surface area contributed by atoms with Gasteiger partial charge in [-0.15, -0.1) is 0 Å². The molecule has 50 heavy (non-hydrogen) atoms. The monoisotopic (exact) mass is 718 g/mol. The van der Waals surface area contributed by atoms with Crippen LogP contribution >= 0.6 is 0 Å². The molecule has 0 heterocycles. The molecule has 0 aliphatic heterocycles. The fourth-order valence-corrected chi connectivity index (χ4v) is 6.05. The Balaban J connectivity index is -0.000000701. The lowest BCUT2D eigenvalue weighted by Gasteiger charge is -2.17. The summed E-state index contributed by atoms with van der Waals surface area (Å²) in [4.78, 5) is 22.5. The largest absolute Gasteiger partial charge is 0.481 e. The first-order valence-electron chi connectivity index (χ1n) is 21.4. The molecular formula is C42H87NO7. The van der Waals surface area contributed by atoms with E-state index in [1.54, 1.807) is 4.90 Å². The summed E-state index contributed by atoms with van der Waals surface area (Å²) in [5.74, 6) is -1.31. The highest BCUT2D eigenvalue weighted by Crippen LogP contribution is 2.15. The predicted molar refractivity (Wildman–Crippen MR) is 212 cm³/mol.